The molecular weight excluding hydrogens is 487 g/mol. The van der Waals surface area contributed by atoms with E-state index in [1.807, 2.05) is 0 Å². The molecule has 4 amide bonds. The lowest BCUT2D eigenvalue weighted by molar-refractivity contribution is 0.0242. The third kappa shape index (κ3) is 5.74. The Morgan fingerprint density at radius 3 is 2.55 bits per heavy atom. The number of carbonyl (C=O) groups excluding carboxylic acids is 3. The molecule has 166 valence electrons. The molecule has 1 aliphatic rings. The van der Waals surface area contributed by atoms with Gasteiger partial charge in [-0.05, 0) is 37.5 Å². The van der Waals surface area contributed by atoms with Gasteiger partial charge in [0.1, 0.15) is 11.1 Å². The van der Waals surface area contributed by atoms with Crippen molar-refractivity contribution in [2.24, 2.45) is 11.5 Å². The molecule has 0 radical (unpaired) electrons. The highest BCUT2D eigenvalue weighted by molar-refractivity contribution is 7.20. The standard InChI is InChI=1S/C19H19Cl3N4O4S/c20-9-5-11(15(22)13(21)6-9)14-7-12(16(31-14)25-18(23)28)17(27)30-10-3-1-2-4-26(8-10)19(24)29/h5-7,10H,1-4,8H2,(H2,24,29)(H3,23,25,28). The van der Waals surface area contributed by atoms with E-state index in [-0.39, 0.29) is 27.2 Å². The van der Waals surface area contributed by atoms with Gasteiger partial charge in [-0.25, -0.2) is 14.4 Å². The zero-order valence-corrected chi connectivity index (χ0v) is 19.2. The van der Waals surface area contributed by atoms with Crippen molar-refractivity contribution in [2.45, 2.75) is 25.4 Å². The van der Waals surface area contributed by atoms with E-state index in [0.717, 1.165) is 24.2 Å². The number of likely N-dealkylation sites (tertiary alicyclic amines) is 1. The van der Waals surface area contributed by atoms with Gasteiger partial charge in [-0.15, -0.1) is 11.3 Å². The highest BCUT2D eigenvalue weighted by Gasteiger charge is 2.27. The second-order valence-corrected chi connectivity index (χ2v) is 9.17. The van der Waals surface area contributed by atoms with Crippen LogP contribution in [0.1, 0.15) is 29.6 Å². The molecular formula is C19H19Cl3N4O4S. The van der Waals surface area contributed by atoms with Crippen molar-refractivity contribution in [3.63, 3.8) is 0 Å². The normalized spacial score (nSPS) is 16.5. The molecule has 8 nitrogen and oxygen atoms in total. The molecule has 0 bridgehead atoms. The van der Waals surface area contributed by atoms with Crippen LogP contribution in [0, 0.1) is 0 Å². The first-order valence-corrected chi connectivity index (χ1v) is 11.2. The SMILES string of the molecule is NC(=O)Nc1sc(-c2cc(Cl)cc(Cl)c2Cl)cc1C(=O)OC1CCCCN(C(N)=O)C1. The van der Waals surface area contributed by atoms with Gasteiger partial charge in [0.2, 0.25) is 0 Å². The molecule has 1 atom stereocenters. The minimum absolute atomic E-state index is 0.0980. The topological polar surface area (TPSA) is 128 Å². The Hall–Kier alpha value is -2.20. The van der Waals surface area contributed by atoms with Crippen LogP contribution in [0.5, 0.6) is 0 Å². The van der Waals surface area contributed by atoms with Crippen molar-refractivity contribution in [1.82, 2.24) is 4.90 Å². The molecule has 1 unspecified atom stereocenters. The molecule has 1 saturated heterocycles. The fourth-order valence-corrected chi connectivity index (χ4v) is 5.06. The van der Waals surface area contributed by atoms with Crippen LogP contribution >= 0.6 is 46.1 Å². The third-order valence-corrected chi connectivity index (χ3v) is 6.76. The van der Waals surface area contributed by atoms with Crippen molar-refractivity contribution in [3.05, 3.63) is 38.8 Å². The highest BCUT2D eigenvalue weighted by Crippen LogP contribution is 2.42. The minimum Gasteiger partial charge on any atom is -0.457 e. The number of thiophene rings is 1. The molecule has 3 rings (SSSR count). The van der Waals surface area contributed by atoms with Crippen molar-refractivity contribution < 1.29 is 19.1 Å². The van der Waals surface area contributed by atoms with Gasteiger partial charge in [0.25, 0.3) is 0 Å². The number of amides is 4. The van der Waals surface area contributed by atoms with Gasteiger partial charge in [-0.3, -0.25) is 5.32 Å². The Morgan fingerprint density at radius 1 is 1.13 bits per heavy atom. The number of urea groups is 2. The average Bonchev–Trinajstić information content (AvgIpc) is 2.94. The number of anilines is 1. The zero-order valence-electron chi connectivity index (χ0n) is 16.1. The number of esters is 1. The smallest absolute Gasteiger partial charge is 0.341 e. The lowest BCUT2D eigenvalue weighted by Crippen LogP contribution is -2.41. The molecule has 1 aromatic heterocycles. The number of hydrogen-bond donors (Lipinski definition) is 3. The van der Waals surface area contributed by atoms with Gasteiger partial charge >= 0.3 is 18.0 Å². The summed E-state index contributed by atoms with van der Waals surface area (Å²) in [5.74, 6) is -0.674. The number of primary amides is 2. The van der Waals surface area contributed by atoms with Gasteiger partial charge in [0.05, 0.1) is 22.2 Å². The zero-order chi connectivity index (χ0) is 22.7. The fourth-order valence-electron chi connectivity index (χ4n) is 3.23. The number of nitrogens with zero attached hydrogens (tertiary/aromatic N) is 1. The second-order valence-electron chi connectivity index (χ2n) is 6.90. The lowest BCUT2D eigenvalue weighted by Gasteiger charge is -2.22. The van der Waals surface area contributed by atoms with Crippen molar-refractivity contribution in [1.29, 1.82) is 0 Å². The van der Waals surface area contributed by atoms with Crippen LogP contribution in [0.15, 0.2) is 18.2 Å². The van der Waals surface area contributed by atoms with E-state index < -0.39 is 24.1 Å². The highest BCUT2D eigenvalue weighted by atomic mass is 35.5. The Balaban J connectivity index is 1.91. The molecule has 0 saturated carbocycles. The van der Waals surface area contributed by atoms with Crippen molar-refractivity contribution in [2.75, 3.05) is 18.4 Å². The second kappa shape index (κ2) is 9.95. The largest absolute Gasteiger partial charge is 0.457 e. The van der Waals surface area contributed by atoms with Crippen molar-refractivity contribution >= 4 is 69.2 Å². The van der Waals surface area contributed by atoms with E-state index in [4.69, 9.17) is 51.0 Å². The van der Waals surface area contributed by atoms with Crippen LogP contribution in [0.25, 0.3) is 10.4 Å². The summed E-state index contributed by atoms with van der Waals surface area (Å²) in [6.45, 7) is 0.709. The summed E-state index contributed by atoms with van der Waals surface area (Å²) in [4.78, 5) is 37.9. The molecule has 31 heavy (non-hydrogen) atoms. The molecule has 5 N–H and O–H groups in total. The molecule has 0 aliphatic carbocycles. The summed E-state index contributed by atoms with van der Waals surface area (Å²) in [7, 11) is 0. The molecule has 2 heterocycles. The number of hydrogen-bond acceptors (Lipinski definition) is 5. The number of rotatable bonds is 4. The maximum atomic E-state index is 12.9. The lowest BCUT2D eigenvalue weighted by atomic mass is 10.1. The quantitative estimate of drug-likeness (QED) is 0.401. The number of ether oxygens (including phenoxy) is 1. The van der Waals surface area contributed by atoms with Crippen molar-refractivity contribution in [3.8, 4) is 10.4 Å². The molecule has 1 aliphatic heterocycles. The summed E-state index contributed by atoms with van der Waals surface area (Å²) in [6.07, 6.45) is 1.60. The molecule has 12 heteroatoms. The third-order valence-electron chi connectivity index (χ3n) is 4.66. The summed E-state index contributed by atoms with van der Waals surface area (Å²) < 4.78 is 5.63. The predicted molar refractivity (Wildman–Crippen MR) is 122 cm³/mol. The van der Waals surface area contributed by atoms with Gasteiger partial charge < -0.3 is 21.1 Å². The summed E-state index contributed by atoms with van der Waals surface area (Å²) in [5.41, 5.74) is 11.2. The van der Waals surface area contributed by atoms with Gasteiger partial charge in [-0.1, -0.05) is 34.8 Å². The van der Waals surface area contributed by atoms with Gasteiger partial charge in [0, 0.05) is 22.0 Å². The monoisotopic (exact) mass is 504 g/mol. The Kier molecular flexibility index (Phi) is 7.53. The number of nitrogens with one attached hydrogen (secondary N) is 1. The number of carbonyl (C=O) groups is 3. The number of nitrogens with two attached hydrogens (primary N) is 2. The van der Waals surface area contributed by atoms with E-state index in [2.05, 4.69) is 5.32 Å². The summed E-state index contributed by atoms with van der Waals surface area (Å²) >= 11 is 19.6. The fraction of sp³-hybridized carbons (Fsp3) is 0.316. The van der Waals surface area contributed by atoms with Gasteiger partial charge in [-0.2, -0.15) is 0 Å². The Labute approximate surface area is 197 Å². The predicted octanol–water partition coefficient (Wildman–Crippen LogP) is 4.96. The molecule has 2 aromatic rings. The van der Waals surface area contributed by atoms with E-state index in [1.54, 1.807) is 6.07 Å². The number of halogens is 3. The first-order chi connectivity index (χ1) is 14.7. The minimum atomic E-state index is -0.841. The van der Waals surface area contributed by atoms with Gasteiger partial charge in [0.15, 0.2) is 0 Å². The van der Waals surface area contributed by atoms with Crippen LogP contribution < -0.4 is 16.8 Å². The summed E-state index contributed by atoms with van der Waals surface area (Å²) in [6, 6.07) is 3.21. The molecule has 0 spiro atoms. The Bertz CT molecular complexity index is 1030. The van der Waals surface area contributed by atoms with E-state index >= 15 is 0 Å². The van der Waals surface area contributed by atoms with E-state index in [9.17, 15) is 14.4 Å². The Morgan fingerprint density at radius 2 is 1.87 bits per heavy atom. The maximum absolute atomic E-state index is 12.9. The first kappa shape index (κ1) is 23.5. The van der Waals surface area contributed by atoms with Crippen LogP contribution in [0.2, 0.25) is 15.1 Å². The van der Waals surface area contributed by atoms with Crippen LogP contribution in [0.4, 0.5) is 14.6 Å². The van der Waals surface area contributed by atoms with Crippen LogP contribution in [-0.2, 0) is 4.74 Å². The average molecular weight is 506 g/mol. The van der Waals surface area contributed by atoms with E-state index in [0.29, 0.717) is 28.4 Å². The first-order valence-electron chi connectivity index (χ1n) is 9.26. The molecule has 1 aromatic carbocycles. The van der Waals surface area contributed by atoms with Crippen LogP contribution in [0.3, 0.4) is 0 Å². The summed E-state index contributed by atoms with van der Waals surface area (Å²) in [5, 5.41) is 3.48. The van der Waals surface area contributed by atoms with E-state index in [1.165, 1.54) is 17.0 Å². The molecule has 1 fully saturated rings. The maximum Gasteiger partial charge on any atom is 0.341 e. The number of benzene rings is 1. The van der Waals surface area contributed by atoms with Crippen LogP contribution in [-0.4, -0.2) is 42.1 Å².